The van der Waals surface area contributed by atoms with Crippen molar-refractivity contribution in [1.82, 2.24) is 0 Å². The average Bonchev–Trinajstić information content (AvgIpc) is 2.60. The minimum atomic E-state index is -0.473. The van der Waals surface area contributed by atoms with Crippen LogP contribution in [0.15, 0.2) is 54.6 Å². The number of ether oxygens (including phenoxy) is 2. The molecule has 0 saturated heterocycles. The predicted octanol–water partition coefficient (Wildman–Crippen LogP) is 3.93. The van der Waals surface area contributed by atoms with Crippen LogP contribution < -0.4 is 10.1 Å². The largest absolute Gasteiger partial charge is 0.493 e. The van der Waals surface area contributed by atoms with Gasteiger partial charge < -0.3 is 14.8 Å². The van der Waals surface area contributed by atoms with Crippen LogP contribution in [0, 0.1) is 0 Å². The van der Waals surface area contributed by atoms with Gasteiger partial charge in [0.2, 0.25) is 0 Å². The van der Waals surface area contributed by atoms with E-state index >= 15 is 0 Å². The van der Waals surface area contributed by atoms with Crippen LogP contribution in [0.2, 0.25) is 0 Å². The van der Waals surface area contributed by atoms with Gasteiger partial charge >= 0.3 is 5.97 Å². The summed E-state index contributed by atoms with van der Waals surface area (Å²) in [6.07, 6.45) is 0.0830. The molecule has 2 aromatic rings. The van der Waals surface area contributed by atoms with Gasteiger partial charge in [-0.1, -0.05) is 51.1 Å². The Bertz CT molecular complexity index is 718. The third kappa shape index (κ3) is 6.59. The molecule has 0 saturated carbocycles. The lowest BCUT2D eigenvalue weighted by Crippen LogP contribution is -2.21. The fraction of sp³-hybridized carbons (Fsp3) is 0.333. The summed E-state index contributed by atoms with van der Waals surface area (Å²) in [7, 11) is 0. The molecular formula is C21H25NO4. The third-order valence-corrected chi connectivity index (χ3v) is 3.72. The molecule has 5 heteroatoms. The second-order valence-corrected chi connectivity index (χ2v) is 6.95. The Balaban J connectivity index is 1.66. The van der Waals surface area contributed by atoms with Crippen molar-refractivity contribution >= 4 is 17.6 Å². The van der Waals surface area contributed by atoms with E-state index in [4.69, 9.17) is 9.47 Å². The van der Waals surface area contributed by atoms with E-state index in [1.807, 2.05) is 42.5 Å². The Hall–Kier alpha value is -2.82. The summed E-state index contributed by atoms with van der Waals surface area (Å²) in [5.41, 5.74) is 1.96. The zero-order valence-corrected chi connectivity index (χ0v) is 15.5. The van der Waals surface area contributed by atoms with Crippen LogP contribution >= 0.6 is 0 Å². The van der Waals surface area contributed by atoms with Crippen molar-refractivity contribution in [3.05, 3.63) is 60.2 Å². The molecule has 1 amide bonds. The first-order valence-electron chi connectivity index (χ1n) is 8.58. The summed E-state index contributed by atoms with van der Waals surface area (Å²) in [6.45, 7) is 6.33. The molecule has 0 aliphatic carbocycles. The Morgan fingerprint density at radius 2 is 1.62 bits per heavy atom. The number of carbonyl (C=O) groups is 2. The number of anilines is 1. The van der Waals surface area contributed by atoms with Crippen molar-refractivity contribution in [2.24, 2.45) is 0 Å². The molecule has 0 fully saturated rings. The number of hydrogen-bond donors (Lipinski definition) is 1. The van der Waals surface area contributed by atoms with Crippen molar-refractivity contribution in [3.8, 4) is 5.75 Å². The van der Waals surface area contributed by atoms with E-state index < -0.39 is 5.97 Å². The maximum atomic E-state index is 11.7. The number of para-hydroxylation sites is 1. The number of nitrogens with one attached hydrogen (secondary N) is 1. The summed E-state index contributed by atoms with van der Waals surface area (Å²) in [4.78, 5) is 23.4. The lowest BCUT2D eigenvalue weighted by Gasteiger charge is -2.19. The second kappa shape index (κ2) is 9.04. The summed E-state index contributed by atoms with van der Waals surface area (Å²) in [5, 5.41) is 2.65. The van der Waals surface area contributed by atoms with Gasteiger partial charge in [-0.25, -0.2) is 0 Å². The monoisotopic (exact) mass is 355 g/mol. The highest BCUT2D eigenvalue weighted by molar-refractivity contribution is 5.92. The smallest absolute Gasteiger partial charge is 0.309 e. The first kappa shape index (κ1) is 19.5. The molecule has 0 aliphatic heterocycles. The van der Waals surface area contributed by atoms with Gasteiger partial charge in [-0.2, -0.15) is 0 Å². The summed E-state index contributed by atoms with van der Waals surface area (Å²) in [6, 6.07) is 16.8. The molecule has 0 heterocycles. The molecule has 26 heavy (non-hydrogen) atoms. The first-order chi connectivity index (χ1) is 12.3. The minimum absolute atomic E-state index is 0.0830. The zero-order valence-electron chi connectivity index (χ0n) is 15.5. The van der Waals surface area contributed by atoms with Gasteiger partial charge in [0.25, 0.3) is 5.91 Å². The maximum Gasteiger partial charge on any atom is 0.309 e. The van der Waals surface area contributed by atoms with E-state index in [9.17, 15) is 9.59 Å². The average molecular weight is 355 g/mol. The van der Waals surface area contributed by atoms with Gasteiger partial charge in [-0.15, -0.1) is 0 Å². The molecule has 0 atom stereocenters. The van der Waals surface area contributed by atoms with Crippen LogP contribution in [0.3, 0.4) is 0 Å². The van der Waals surface area contributed by atoms with Crippen LogP contribution in [0.25, 0.3) is 0 Å². The summed E-state index contributed by atoms with van der Waals surface area (Å²) >= 11 is 0. The first-order valence-corrected chi connectivity index (χ1v) is 8.58. The second-order valence-electron chi connectivity index (χ2n) is 6.95. The summed E-state index contributed by atoms with van der Waals surface area (Å²) in [5.74, 6) is -0.143. The zero-order chi connectivity index (χ0) is 19.0. The number of rotatable bonds is 7. The van der Waals surface area contributed by atoms with Gasteiger partial charge in [-0.3, -0.25) is 9.59 Å². The van der Waals surface area contributed by atoms with Crippen LogP contribution in [-0.4, -0.2) is 25.1 Å². The molecule has 0 spiro atoms. The molecule has 0 aliphatic rings. The number of benzene rings is 2. The number of esters is 1. The van der Waals surface area contributed by atoms with Crippen LogP contribution in [-0.2, 0) is 19.7 Å². The Labute approximate surface area is 154 Å². The molecule has 2 aromatic carbocycles. The standard InChI is InChI=1S/C21H25NO4/c1-21(2,3)16-9-11-18(12-10-16)25-14-13-20(24)26-15-19(23)22-17-7-5-4-6-8-17/h4-12H,13-15H2,1-3H3,(H,22,23). The highest BCUT2D eigenvalue weighted by atomic mass is 16.5. The fourth-order valence-electron chi connectivity index (χ4n) is 2.24. The van der Waals surface area contributed by atoms with E-state index in [2.05, 4.69) is 26.1 Å². The Morgan fingerprint density at radius 1 is 0.962 bits per heavy atom. The van der Waals surface area contributed by atoms with Crippen molar-refractivity contribution in [3.63, 3.8) is 0 Å². The van der Waals surface area contributed by atoms with Gasteiger partial charge in [-0.05, 0) is 35.2 Å². The van der Waals surface area contributed by atoms with E-state index in [1.54, 1.807) is 12.1 Å². The molecule has 0 unspecified atom stereocenters. The van der Waals surface area contributed by atoms with E-state index in [0.29, 0.717) is 11.4 Å². The lowest BCUT2D eigenvalue weighted by molar-refractivity contribution is -0.147. The number of hydrogen-bond acceptors (Lipinski definition) is 4. The van der Waals surface area contributed by atoms with Gasteiger partial charge in [0.1, 0.15) is 5.75 Å². The quantitative estimate of drug-likeness (QED) is 0.764. The summed E-state index contributed by atoms with van der Waals surface area (Å²) < 4.78 is 10.5. The number of carbonyl (C=O) groups excluding carboxylic acids is 2. The molecule has 138 valence electrons. The molecule has 0 radical (unpaired) electrons. The fourth-order valence-corrected chi connectivity index (χ4v) is 2.24. The molecular weight excluding hydrogens is 330 g/mol. The van der Waals surface area contributed by atoms with E-state index in [-0.39, 0.29) is 31.0 Å². The van der Waals surface area contributed by atoms with Crippen molar-refractivity contribution in [1.29, 1.82) is 0 Å². The minimum Gasteiger partial charge on any atom is -0.493 e. The van der Waals surface area contributed by atoms with Crippen molar-refractivity contribution in [2.75, 3.05) is 18.5 Å². The molecule has 0 aromatic heterocycles. The predicted molar refractivity (Wildman–Crippen MR) is 101 cm³/mol. The van der Waals surface area contributed by atoms with Gasteiger partial charge in [0.05, 0.1) is 13.0 Å². The lowest BCUT2D eigenvalue weighted by atomic mass is 9.87. The van der Waals surface area contributed by atoms with Crippen LogP contribution in [0.4, 0.5) is 5.69 Å². The van der Waals surface area contributed by atoms with Crippen LogP contribution in [0.1, 0.15) is 32.8 Å². The van der Waals surface area contributed by atoms with Crippen LogP contribution in [0.5, 0.6) is 5.75 Å². The highest BCUT2D eigenvalue weighted by Gasteiger charge is 2.13. The van der Waals surface area contributed by atoms with E-state index in [1.165, 1.54) is 5.56 Å². The third-order valence-electron chi connectivity index (χ3n) is 3.72. The topological polar surface area (TPSA) is 64.6 Å². The van der Waals surface area contributed by atoms with Gasteiger partial charge in [0.15, 0.2) is 6.61 Å². The number of amides is 1. The molecule has 0 bridgehead atoms. The molecule has 5 nitrogen and oxygen atoms in total. The Morgan fingerprint density at radius 3 is 2.23 bits per heavy atom. The Kier molecular flexibility index (Phi) is 6.78. The van der Waals surface area contributed by atoms with Crippen molar-refractivity contribution < 1.29 is 19.1 Å². The van der Waals surface area contributed by atoms with E-state index in [0.717, 1.165) is 0 Å². The molecule has 2 rings (SSSR count). The van der Waals surface area contributed by atoms with Gasteiger partial charge in [0, 0.05) is 5.69 Å². The molecule has 1 N–H and O–H groups in total. The maximum absolute atomic E-state index is 11.7. The highest BCUT2D eigenvalue weighted by Crippen LogP contribution is 2.24. The normalized spacial score (nSPS) is 10.9. The van der Waals surface area contributed by atoms with Crippen molar-refractivity contribution in [2.45, 2.75) is 32.6 Å². The SMILES string of the molecule is CC(C)(C)c1ccc(OCCC(=O)OCC(=O)Nc2ccccc2)cc1.